The van der Waals surface area contributed by atoms with Crippen molar-refractivity contribution in [3.8, 4) is 0 Å². The molecule has 0 saturated heterocycles. The second-order valence-corrected chi connectivity index (χ2v) is 7.30. The van der Waals surface area contributed by atoms with E-state index in [4.69, 9.17) is 0 Å². The smallest absolute Gasteiger partial charge is 0.258 e. The van der Waals surface area contributed by atoms with Crippen molar-refractivity contribution < 1.29 is 9.85 Å². The summed E-state index contributed by atoms with van der Waals surface area (Å²) >= 11 is 1.12. The molecule has 2 aromatic heterocycles. The van der Waals surface area contributed by atoms with Crippen molar-refractivity contribution in [1.29, 1.82) is 0 Å². The summed E-state index contributed by atoms with van der Waals surface area (Å²) in [6.45, 7) is 0. The molecule has 9 nitrogen and oxygen atoms in total. The molecule has 0 aliphatic carbocycles. The van der Waals surface area contributed by atoms with Crippen molar-refractivity contribution in [3.05, 3.63) is 98.5 Å². The van der Waals surface area contributed by atoms with Crippen molar-refractivity contribution in [2.24, 2.45) is 0 Å². The van der Waals surface area contributed by atoms with E-state index in [9.17, 15) is 20.2 Å². The average molecular weight is 431 g/mol. The van der Waals surface area contributed by atoms with Gasteiger partial charge in [0, 0.05) is 24.5 Å². The summed E-state index contributed by atoms with van der Waals surface area (Å²) in [5.74, 6) is 0. The first-order valence-corrected chi connectivity index (χ1v) is 9.78. The first-order valence-electron chi connectivity index (χ1n) is 8.97. The van der Waals surface area contributed by atoms with Gasteiger partial charge in [0.25, 0.3) is 11.4 Å². The number of hydrogen-bond acceptors (Lipinski definition) is 8. The number of non-ortho nitro benzene ring substituents is 1. The molecule has 10 heteroatoms. The summed E-state index contributed by atoms with van der Waals surface area (Å²) in [5, 5.41) is 23.5. The number of rotatable bonds is 6. The summed E-state index contributed by atoms with van der Waals surface area (Å²) < 4.78 is 0. The van der Waals surface area contributed by atoms with Gasteiger partial charge < -0.3 is 0 Å². The maximum atomic E-state index is 11.5. The standard InChI is InChI=1S/C21H13N5O4S/c27-25(28)18-4-1-3-17-16(18)9-8-15(24-17)7-5-14-6-10-20(19(13-14)26(29)30)31-21-22-11-2-12-23-21/h1-13H/b7-5+. The first kappa shape index (κ1) is 20.1. The second-order valence-electron chi connectivity index (χ2n) is 6.29. The van der Waals surface area contributed by atoms with E-state index in [2.05, 4.69) is 15.0 Å². The maximum Gasteiger partial charge on any atom is 0.283 e. The van der Waals surface area contributed by atoms with E-state index in [0.717, 1.165) is 11.8 Å². The van der Waals surface area contributed by atoms with E-state index in [0.29, 0.717) is 32.2 Å². The Bertz CT molecular complexity index is 1330. The van der Waals surface area contributed by atoms with Gasteiger partial charge in [-0.05, 0) is 53.7 Å². The quantitative estimate of drug-likeness (QED) is 0.233. The number of nitro groups is 2. The lowest BCUT2D eigenvalue weighted by atomic mass is 10.1. The van der Waals surface area contributed by atoms with Gasteiger partial charge in [-0.3, -0.25) is 20.2 Å². The predicted molar refractivity (Wildman–Crippen MR) is 117 cm³/mol. The minimum Gasteiger partial charge on any atom is -0.258 e. The zero-order valence-electron chi connectivity index (χ0n) is 15.8. The Morgan fingerprint density at radius 1 is 0.839 bits per heavy atom. The van der Waals surface area contributed by atoms with E-state index in [1.54, 1.807) is 67.0 Å². The molecule has 152 valence electrons. The molecule has 2 heterocycles. The van der Waals surface area contributed by atoms with Crippen molar-refractivity contribution >= 4 is 46.2 Å². The zero-order valence-corrected chi connectivity index (χ0v) is 16.6. The minimum absolute atomic E-state index is 0.00774. The fourth-order valence-electron chi connectivity index (χ4n) is 2.89. The lowest BCUT2D eigenvalue weighted by molar-refractivity contribution is -0.387. The summed E-state index contributed by atoms with van der Waals surface area (Å²) in [4.78, 5) is 34.8. The highest BCUT2D eigenvalue weighted by atomic mass is 32.2. The monoisotopic (exact) mass is 431 g/mol. The van der Waals surface area contributed by atoms with Crippen LogP contribution in [0.25, 0.3) is 23.1 Å². The fourth-order valence-corrected chi connectivity index (χ4v) is 3.69. The summed E-state index contributed by atoms with van der Waals surface area (Å²) in [6, 6.07) is 14.5. The van der Waals surface area contributed by atoms with Crippen LogP contribution in [0.15, 0.2) is 77.0 Å². The molecule has 0 atom stereocenters. The Labute approximate surface area is 179 Å². The molecule has 0 radical (unpaired) electrons. The number of nitrogens with zero attached hydrogens (tertiary/aromatic N) is 5. The number of aromatic nitrogens is 3. The van der Waals surface area contributed by atoms with Crippen molar-refractivity contribution in [1.82, 2.24) is 15.0 Å². The molecule has 4 rings (SSSR count). The highest BCUT2D eigenvalue weighted by molar-refractivity contribution is 7.99. The number of benzene rings is 2. The van der Waals surface area contributed by atoms with Crippen LogP contribution in [0.5, 0.6) is 0 Å². The first-order chi connectivity index (χ1) is 15.0. The molecular weight excluding hydrogens is 418 g/mol. The lowest BCUT2D eigenvalue weighted by Gasteiger charge is -2.03. The van der Waals surface area contributed by atoms with Crippen LogP contribution in [0.4, 0.5) is 11.4 Å². The average Bonchev–Trinajstić information content (AvgIpc) is 2.78. The Morgan fingerprint density at radius 2 is 1.61 bits per heavy atom. The number of pyridine rings is 1. The van der Waals surface area contributed by atoms with Crippen LogP contribution >= 0.6 is 11.8 Å². The molecule has 31 heavy (non-hydrogen) atoms. The molecule has 0 saturated carbocycles. The van der Waals surface area contributed by atoms with Gasteiger partial charge in [-0.25, -0.2) is 15.0 Å². The molecule has 0 N–H and O–H groups in total. The van der Waals surface area contributed by atoms with E-state index in [1.807, 2.05) is 0 Å². The third-order valence-electron chi connectivity index (χ3n) is 4.30. The van der Waals surface area contributed by atoms with Crippen molar-refractivity contribution in [2.75, 3.05) is 0 Å². The van der Waals surface area contributed by atoms with E-state index < -0.39 is 9.85 Å². The van der Waals surface area contributed by atoms with E-state index in [1.165, 1.54) is 12.1 Å². The molecule has 0 spiro atoms. The third-order valence-corrected chi connectivity index (χ3v) is 5.26. The molecule has 0 unspecified atom stereocenters. The van der Waals surface area contributed by atoms with Gasteiger partial charge in [-0.15, -0.1) is 0 Å². The molecule has 0 amide bonds. The lowest BCUT2D eigenvalue weighted by Crippen LogP contribution is -1.93. The topological polar surface area (TPSA) is 125 Å². The van der Waals surface area contributed by atoms with Crippen molar-refractivity contribution in [3.63, 3.8) is 0 Å². The summed E-state index contributed by atoms with van der Waals surface area (Å²) in [6.07, 6.45) is 6.54. The summed E-state index contributed by atoms with van der Waals surface area (Å²) in [5.41, 5.74) is 1.63. The van der Waals surface area contributed by atoms with Crippen LogP contribution in [0.1, 0.15) is 11.3 Å². The van der Waals surface area contributed by atoms with Gasteiger partial charge in [0.15, 0.2) is 5.16 Å². The van der Waals surface area contributed by atoms with Gasteiger partial charge in [0.1, 0.15) is 0 Å². The fraction of sp³-hybridized carbons (Fsp3) is 0. The SMILES string of the molecule is O=[N+]([O-])c1cc(/C=C/c2ccc3c([N+](=O)[O-])cccc3n2)ccc1Sc1ncccn1. The van der Waals surface area contributed by atoms with Gasteiger partial charge in [-0.1, -0.05) is 18.2 Å². The number of hydrogen-bond donors (Lipinski definition) is 0. The Hall–Kier alpha value is -4.18. The largest absolute Gasteiger partial charge is 0.283 e. The number of fused-ring (bicyclic) bond motifs is 1. The highest BCUT2D eigenvalue weighted by Gasteiger charge is 2.16. The molecule has 0 bridgehead atoms. The van der Waals surface area contributed by atoms with Gasteiger partial charge >= 0.3 is 0 Å². The van der Waals surface area contributed by atoms with Crippen LogP contribution in [0.2, 0.25) is 0 Å². The Kier molecular flexibility index (Phi) is 5.63. The highest BCUT2D eigenvalue weighted by Crippen LogP contribution is 2.34. The second kappa shape index (κ2) is 8.67. The Balaban J connectivity index is 1.62. The van der Waals surface area contributed by atoms with Crippen LogP contribution in [-0.4, -0.2) is 24.8 Å². The van der Waals surface area contributed by atoms with Gasteiger partial charge in [-0.2, -0.15) is 0 Å². The molecule has 4 aromatic rings. The van der Waals surface area contributed by atoms with Crippen LogP contribution in [0.3, 0.4) is 0 Å². The predicted octanol–water partition coefficient (Wildman–Crippen LogP) is 5.16. The normalized spacial score (nSPS) is 11.1. The van der Waals surface area contributed by atoms with Crippen LogP contribution < -0.4 is 0 Å². The van der Waals surface area contributed by atoms with Crippen LogP contribution in [0, 0.1) is 20.2 Å². The number of nitro benzene ring substituents is 2. The van der Waals surface area contributed by atoms with E-state index >= 15 is 0 Å². The van der Waals surface area contributed by atoms with Crippen LogP contribution in [-0.2, 0) is 0 Å². The van der Waals surface area contributed by atoms with Gasteiger partial charge in [0.05, 0.1) is 31.3 Å². The molecule has 2 aromatic carbocycles. The van der Waals surface area contributed by atoms with Gasteiger partial charge in [0.2, 0.25) is 0 Å². The van der Waals surface area contributed by atoms with Crippen molar-refractivity contribution in [2.45, 2.75) is 10.1 Å². The molecule has 0 aliphatic heterocycles. The maximum absolute atomic E-state index is 11.5. The minimum atomic E-state index is -0.448. The van der Waals surface area contributed by atoms with E-state index in [-0.39, 0.29) is 11.4 Å². The molecule has 0 aliphatic rings. The molecule has 0 fully saturated rings. The molecular formula is C21H13N5O4S. The third kappa shape index (κ3) is 4.54. The zero-order chi connectivity index (χ0) is 21.8. The summed E-state index contributed by atoms with van der Waals surface area (Å²) in [7, 11) is 0. The Morgan fingerprint density at radius 3 is 2.35 bits per heavy atom.